The highest BCUT2D eigenvalue weighted by molar-refractivity contribution is 5.79. The molecular weight excluding hydrogens is 502 g/mol. The van der Waals surface area contributed by atoms with Gasteiger partial charge in [0.05, 0.1) is 17.6 Å². The van der Waals surface area contributed by atoms with Gasteiger partial charge in [0, 0.05) is 49.7 Å². The summed E-state index contributed by atoms with van der Waals surface area (Å²) >= 11 is 0. The van der Waals surface area contributed by atoms with Gasteiger partial charge in [-0.2, -0.15) is 0 Å². The minimum absolute atomic E-state index is 0.0156. The molecule has 1 amide bonds. The maximum atomic E-state index is 13.7. The molecule has 0 spiro atoms. The van der Waals surface area contributed by atoms with Crippen molar-refractivity contribution < 1.29 is 4.79 Å². The highest BCUT2D eigenvalue weighted by Gasteiger charge is 2.32. The molecular formula is C31H37N7O2. The predicted molar refractivity (Wildman–Crippen MR) is 156 cm³/mol. The first-order valence-corrected chi connectivity index (χ1v) is 14.3. The Balaban J connectivity index is 1.09. The molecule has 0 saturated carbocycles. The number of pyridine rings is 2. The Morgan fingerprint density at radius 1 is 0.875 bits per heavy atom. The number of carbonyl (C=O) groups excluding carboxylic acids is 1. The van der Waals surface area contributed by atoms with Gasteiger partial charge in [-0.25, -0.2) is 9.78 Å². The number of benzene rings is 1. The van der Waals surface area contributed by atoms with Crippen LogP contribution in [-0.4, -0.2) is 61.0 Å². The van der Waals surface area contributed by atoms with Crippen molar-refractivity contribution in [3.63, 3.8) is 0 Å². The highest BCUT2D eigenvalue weighted by Crippen LogP contribution is 2.29. The first-order chi connectivity index (χ1) is 19.5. The maximum Gasteiger partial charge on any atom is 0.329 e. The van der Waals surface area contributed by atoms with Gasteiger partial charge in [-0.3, -0.25) is 23.8 Å². The molecule has 2 aliphatic heterocycles. The molecule has 2 aliphatic rings. The van der Waals surface area contributed by atoms with Crippen LogP contribution in [0, 0.1) is 12.8 Å². The van der Waals surface area contributed by atoms with E-state index in [1.165, 1.54) is 5.56 Å². The van der Waals surface area contributed by atoms with Gasteiger partial charge in [-0.05, 0) is 93.2 Å². The van der Waals surface area contributed by atoms with E-state index < -0.39 is 0 Å². The number of fused-ring (bicyclic) bond motifs is 1. The molecule has 0 radical (unpaired) electrons. The van der Waals surface area contributed by atoms with Crippen LogP contribution in [0.4, 0.5) is 5.82 Å². The lowest BCUT2D eigenvalue weighted by atomic mass is 9.93. The standard InChI is InChI=1S/C31H37N7O2/c1-22-18-23(6-12-33-22)20-35-14-8-25(9-15-35)30(39)36-16-10-26(11-17-36)38-28-5-3-2-4-27(28)37(31(38)40)21-24-7-13-34-29(32)19-24/h2-7,12-13,18-19,25-26H,8-11,14-17,20-21H2,1H3,(H2,32,34). The number of piperidine rings is 2. The van der Waals surface area contributed by atoms with Crippen LogP contribution in [0.15, 0.2) is 65.7 Å². The summed E-state index contributed by atoms with van der Waals surface area (Å²) < 4.78 is 3.77. The molecule has 1 aromatic carbocycles. The van der Waals surface area contributed by atoms with Gasteiger partial charge in [0.15, 0.2) is 0 Å². The van der Waals surface area contributed by atoms with Crippen LogP contribution < -0.4 is 11.4 Å². The summed E-state index contributed by atoms with van der Waals surface area (Å²) in [6, 6.07) is 16.0. The van der Waals surface area contributed by atoms with Crippen molar-refractivity contribution in [3.8, 4) is 0 Å². The molecule has 2 N–H and O–H groups in total. The maximum absolute atomic E-state index is 13.7. The average Bonchev–Trinajstić information content (AvgIpc) is 3.24. The number of hydrogen-bond donors (Lipinski definition) is 1. The first kappa shape index (κ1) is 26.3. The second-order valence-corrected chi connectivity index (χ2v) is 11.2. The van der Waals surface area contributed by atoms with Gasteiger partial charge in [-0.1, -0.05) is 12.1 Å². The minimum Gasteiger partial charge on any atom is -0.384 e. The number of amides is 1. The van der Waals surface area contributed by atoms with E-state index in [0.29, 0.717) is 25.5 Å². The average molecular weight is 540 g/mol. The summed E-state index contributed by atoms with van der Waals surface area (Å²) in [4.78, 5) is 40.0. The van der Waals surface area contributed by atoms with Crippen molar-refractivity contribution in [2.45, 2.75) is 51.7 Å². The van der Waals surface area contributed by atoms with E-state index in [1.807, 2.05) is 63.6 Å². The van der Waals surface area contributed by atoms with Gasteiger partial charge < -0.3 is 10.6 Å². The summed E-state index contributed by atoms with van der Waals surface area (Å²) in [6.45, 7) is 6.62. The molecule has 6 rings (SSSR count). The Kier molecular flexibility index (Phi) is 7.38. The van der Waals surface area contributed by atoms with Crippen LogP contribution in [0.3, 0.4) is 0 Å². The zero-order chi connectivity index (χ0) is 27.6. The fraction of sp³-hybridized carbons (Fsp3) is 0.419. The fourth-order valence-corrected chi connectivity index (χ4v) is 6.41. The van der Waals surface area contributed by atoms with E-state index in [9.17, 15) is 9.59 Å². The number of para-hydroxylation sites is 2. The van der Waals surface area contributed by atoms with Gasteiger partial charge in [-0.15, -0.1) is 0 Å². The minimum atomic E-state index is -0.0156. The molecule has 40 heavy (non-hydrogen) atoms. The summed E-state index contributed by atoms with van der Waals surface area (Å²) in [5, 5.41) is 0. The third-order valence-electron chi connectivity index (χ3n) is 8.50. The quantitative estimate of drug-likeness (QED) is 0.402. The number of anilines is 1. The van der Waals surface area contributed by atoms with E-state index in [4.69, 9.17) is 5.73 Å². The number of aromatic nitrogens is 4. The lowest BCUT2D eigenvalue weighted by Crippen LogP contribution is -2.46. The van der Waals surface area contributed by atoms with Crippen molar-refractivity contribution in [2.75, 3.05) is 31.9 Å². The molecule has 9 heteroatoms. The molecule has 0 aliphatic carbocycles. The molecule has 4 aromatic rings. The second-order valence-electron chi connectivity index (χ2n) is 11.2. The van der Waals surface area contributed by atoms with E-state index >= 15 is 0 Å². The Morgan fingerprint density at radius 2 is 1.55 bits per heavy atom. The monoisotopic (exact) mass is 539 g/mol. The van der Waals surface area contributed by atoms with Gasteiger partial charge in [0.25, 0.3) is 0 Å². The van der Waals surface area contributed by atoms with Crippen LogP contribution in [0.25, 0.3) is 11.0 Å². The number of imidazole rings is 1. The SMILES string of the molecule is Cc1cc(CN2CCC(C(=O)N3CCC(n4c(=O)n(Cc5ccnc(N)c5)c5ccccc54)CC3)CC2)ccn1. The Hall–Kier alpha value is -3.98. The lowest BCUT2D eigenvalue weighted by molar-refractivity contribution is -0.138. The van der Waals surface area contributed by atoms with Crippen LogP contribution in [0.1, 0.15) is 48.5 Å². The first-order valence-electron chi connectivity index (χ1n) is 14.3. The smallest absolute Gasteiger partial charge is 0.329 e. The van der Waals surface area contributed by atoms with Gasteiger partial charge in [0.2, 0.25) is 5.91 Å². The summed E-state index contributed by atoms with van der Waals surface area (Å²) in [5.74, 6) is 0.813. The van der Waals surface area contributed by atoms with Crippen LogP contribution in [0.5, 0.6) is 0 Å². The molecule has 0 atom stereocenters. The number of nitrogens with two attached hydrogens (primary N) is 1. The topological polar surface area (TPSA) is 102 Å². The normalized spacial score (nSPS) is 17.5. The summed E-state index contributed by atoms with van der Waals surface area (Å²) in [6.07, 6.45) is 6.90. The molecule has 0 unspecified atom stereocenters. The number of hydrogen-bond acceptors (Lipinski definition) is 6. The number of nitrogens with zero attached hydrogens (tertiary/aromatic N) is 6. The Bertz CT molecular complexity index is 1560. The molecule has 5 heterocycles. The molecule has 2 saturated heterocycles. The van der Waals surface area contributed by atoms with Gasteiger partial charge >= 0.3 is 5.69 Å². The van der Waals surface area contributed by atoms with Crippen LogP contribution >= 0.6 is 0 Å². The Labute approximate surface area is 234 Å². The number of likely N-dealkylation sites (tertiary alicyclic amines) is 2. The number of nitrogen functional groups attached to an aromatic ring is 1. The van der Waals surface area contributed by atoms with E-state index in [2.05, 4.69) is 27.0 Å². The lowest BCUT2D eigenvalue weighted by Gasteiger charge is -2.37. The number of rotatable bonds is 6. The second kappa shape index (κ2) is 11.3. The zero-order valence-electron chi connectivity index (χ0n) is 23.1. The highest BCUT2D eigenvalue weighted by atomic mass is 16.2. The van der Waals surface area contributed by atoms with Gasteiger partial charge in [0.1, 0.15) is 5.82 Å². The molecule has 9 nitrogen and oxygen atoms in total. The van der Waals surface area contributed by atoms with E-state index in [1.54, 1.807) is 6.20 Å². The van der Waals surface area contributed by atoms with Crippen LogP contribution in [0.2, 0.25) is 0 Å². The molecule has 3 aromatic heterocycles. The third-order valence-corrected chi connectivity index (χ3v) is 8.50. The van der Waals surface area contributed by atoms with Crippen LogP contribution in [-0.2, 0) is 17.9 Å². The van der Waals surface area contributed by atoms with Crippen molar-refractivity contribution in [1.29, 1.82) is 0 Å². The van der Waals surface area contributed by atoms with E-state index in [0.717, 1.165) is 67.6 Å². The Morgan fingerprint density at radius 3 is 2.25 bits per heavy atom. The zero-order valence-corrected chi connectivity index (χ0v) is 23.1. The third kappa shape index (κ3) is 5.38. The fourth-order valence-electron chi connectivity index (χ4n) is 6.41. The van der Waals surface area contributed by atoms with Crippen molar-refractivity contribution in [3.05, 3.63) is 88.2 Å². The van der Waals surface area contributed by atoms with E-state index in [-0.39, 0.29) is 23.6 Å². The largest absolute Gasteiger partial charge is 0.384 e. The number of aryl methyl sites for hydroxylation is 1. The summed E-state index contributed by atoms with van der Waals surface area (Å²) in [7, 11) is 0. The van der Waals surface area contributed by atoms with Crippen molar-refractivity contribution in [1.82, 2.24) is 28.9 Å². The summed E-state index contributed by atoms with van der Waals surface area (Å²) in [5.41, 5.74) is 11.0. The van der Waals surface area contributed by atoms with Crippen molar-refractivity contribution in [2.24, 2.45) is 5.92 Å². The number of carbonyl (C=O) groups is 1. The van der Waals surface area contributed by atoms with Crippen molar-refractivity contribution >= 4 is 22.8 Å². The molecule has 0 bridgehead atoms. The molecule has 208 valence electrons. The molecule has 2 fully saturated rings. The predicted octanol–water partition coefficient (Wildman–Crippen LogP) is 3.61.